The Morgan fingerprint density at radius 1 is 0.438 bits per heavy atom. The van der Waals surface area contributed by atoms with Crippen LogP contribution in [0, 0.1) is 0 Å². The first-order valence-electron chi connectivity index (χ1n) is 10.9. The molecule has 2 aromatic heterocycles. The molecule has 0 amide bonds. The molecule has 0 fully saturated rings. The van der Waals surface area contributed by atoms with Gasteiger partial charge in [0.25, 0.3) is 0 Å². The molecule has 1 nitrogen and oxygen atoms in total. The van der Waals surface area contributed by atoms with E-state index in [1.54, 1.807) is 0 Å². The predicted molar refractivity (Wildman–Crippen MR) is 139 cm³/mol. The van der Waals surface area contributed by atoms with Gasteiger partial charge in [-0.15, -0.1) is 11.3 Å². The largest absolute Gasteiger partial charge is 0.309 e. The second-order valence-corrected chi connectivity index (χ2v) is 9.28. The topological polar surface area (TPSA) is 4.93 Å². The average molecular weight is 426 g/mol. The summed E-state index contributed by atoms with van der Waals surface area (Å²) in [6.45, 7) is 0. The van der Waals surface area contributed by atoms with Crippen LogP contribution in [0.3, 0.4) is 0 Å². The Hall–Kier alpha value is -3.88. The summed E-state index contributed by atoms with van der Waals surface area (Å²) in [5.74, 6) is 0. The molecule has 2 heteroatoms. The van der Waals surface area contributed by atoms with Crippen LogP contribution >= 0.6 is 11.3 Å². The van der Waals surface area contributed by atoms with Crippen molar-refractivity contribution in [2.24, 2.45) is 0 Å². The Morgan fingerprint density at radius 2 is 1.12 bits per heavy atom. The van der Waals surface area contributed by atoms with Crippen LogP contribution < -0.4 is 0 Å². The minimum Gasteiger partial charge on any atom is -0.309 e. The first-order chi connectivity index (χ1) is 15.9. The molecule has 5 aromatic carbocycles. The fraction of sp³-hybridized carbons (Fsp3) is 0. The summed E-state index contributed by atoms with van der Waals surface area (Å²) in [5.41, 5.74) is 6.18. The van der Waals surface area contributed by atoms with Gasteiger partial charge in [0.1, 0.15) is 0 Å². The minimum absolute atomic E-state index is 1.19. The molecule has 0 aliphatic rings. The van der Waals surface area contributed by atoms with Crippen molar-refractivity contribution in [2.75, 3.05) is 0 Å². The van der Waals surface area contributed by atoms with E-state index in [0.29, 0.717) is 0 Å². The summed E-state index contributed by atoms with van der Waals surface area (Å²) >= 11 is 1.88. The third kappa shape index (κ3) is 2.50. The number of benzene rings is 5. The van der Waals surface area contributed by atoms with E-state index in [2.05, 4.69) is 120 Å². The second-order valence-electron chi connectivity index (χ2n) is 8.20. The van der Waals surface area contributed by atoms with Crippen LogP contribution in [0.1, 0.15) is 0 Å². The molecule has 0 saturated heterocycles. The number of hydrogen-bond donors (Lipinski definition) is 0. The molecule has 7 aromatic rings. The van der Waals surface area contributed by atoms with Crippen molar-refractivity contribution in [3.05, 3.63) is 115 Å². The van der Waals surface area contributed by atoms with Gasteiger partial charge in [0.15, 0.2) is 0 Å². The van der Waals surface area contributed by atoms with Gasteiger partial charge in [-0.2, -0.15) is 0 Å². The van der Waals surface area contributed by atoms with Crippen LogP contribution in [0.5, 0.6) is 0 Å². The number of aromatic nitrogens is 1. The number of hydrogen-bond acceptors (Lipinski definition) is 1. The van der Waals surface area contributed by atoms with Gasteiger partial charge >= 0.3 is 0 Å². The molecule has 0 saturated carbocycles. The van der Waals surface area contributed by atoms with Crippen molar-refractivity contribution in [1.29, 1.82) is 0 Å². The van der Waals surface area contributed by atoms with E-state index in [1.165, 1.54) is 58.8 Å². The fourth-order valence-corrected chi connectivity index (χ4v) is 6.10. The van der Waals surface area contributed by atoms with Crippen molar-refractivity contribution >= 4 is 53.3 Å². The van der Waals surface area contributed by atoms with Gasteiger partial charge in [0.2, 0.25) is 0 Å². The lowest BCUT2D eigenvalue weighted by molar-refractivity contribution is 1.18. The van der Waals surface area contributed by atoms with Crippen LogP contribution in [-0.2, 0) is 0 Å². The minimum atomic E-state index is 1.19. The fourth-order valence-electron chi connectivity index (χ4n) is 4.99. The van der Waals surface area contributed by atoms with Gasteiger partial charge in [-0.05, 0) is 47.5 Å². The van der Waals surface area contributed by atoms with Crippen LogP contribution in [0.4, 0.5) is 0 Å². The zero-order valence-electron chi connectivity index (χ0n) is 17.3. The summed E-state index contributed by atoms with van der Waals surface area (Å²) in [7, 11) is 0. The van der Waals surface area contributed by atoms with Crippen LogP contribution in [0.25, 0.3) is 58.8 Å². The smallest absolute Gasteiger partial charge is 0.0548 e. The Kier molecular flexibility index (Phi) is 3.78. The van der Waals surface area contributed by atoms with Gasteiger partial charge in [0, 0.05) is 36.6 Å². The second kappa shape index (κ2) is 6.81. The van der Waals surface area contributed by atoms with Crippen LogP contribution in [-0.4, -0.2) is 4.57 Å². The lowest BCUT2D eigenvalue weighted by Crippen LogP contribution is -1.93. The molecule has 0 aliphatic heterocycles. The Labute approximate surface area is 189 Å². The lowest BCUT2D eigenvalue weighted by atomic mass is 10.1. The summed E-state index contributed by atoms with van der Waals surface area (Å²) in [6, 6.07) is 41.6. The number of fused-ring (bicyclic) bond motifs is 7. The molecule has 0 N–H and O–H groups in total. The highest BCUT2D eigenvalue weighted by molar-refractivity contribution is 7.26. The molecule has 0 unspecified atom stereocenters. The molecule has 0 radical (unpaired) electrons. The number of rotatable bonds is 2. The van der Waals surface area contributed by atoms with Crippen molar-refractivity contribution in [3.8, 4) is 16.8 Å². The van der Waals surface area contributed by atoms with Gasteiger partial charge in [-0.1, -0.05) is 78.9 Å². The SMILES string of the molecule is c1ccc(-c2ccc(-n3c4ccccc4c4c5c(ccc43)sc3ccccc35)cc2)cc1. The molecule has 150 valence electrons. The standard InChI is InChI=1S/C30H19NS/c1-2-8-20(9-3-1)21-14-16-22(17-15-21)31-25-12-6-4-10-23(25)29-26(31)18-19-28-30(29)24-11-5-7-13-27(24)32-28/h1-19H. The normalized spacial score (nSPS) is 11.8. The zero-order valence-corrected chi connectivity index (χ0v) is 18.1. The molecule has 0 atom stereocenters. The van der Waals surface area contributed by atoms with Gasteiger partial charge in [0.05, 0.1) is 11.0 Å². The third-order valence-corrected chi connectivity index (χ3v) is 7.55. The summed E-state index contributed by atoms with van der Waals surface area (Å²) in [5, 5.41) is 5.38. The van der Waals surface area contributed by atoms with E-state index < -0.39 is 0 Å². The Bertz CT molecular complexity index is 1750. The maximum absolute atomic E-state index is 2.41. The van der Waals surface area contributed by atoms with E-state index in [9.17, 15) is 0 Å². The quantitative estimate of drug-likeness (QED) is 0.261. The summed E-state index contributed by atoms with van der Waals surface area (Å²) in [6.07, 6.45) is 0. The van der Waals surface area contributed by atoms with Crippen molar-refractivity contribution < 1.29 is 0 Å². The van der Waals surface area contributed by atoms with E-state index in [0.717, 1.165) is 0 Å². The molecule has 2 heterocycles. The van der Waals surface area contributed by atoms with Crippen LogP contribution in [0.15, 0.2) is 115 Å². The highest BCUT2D eigenvalue weighted by Crippen LogP contribution is 2.43. The third-order valence-electron chi connectivity index (χ3n) is 6.41. The molecule has 7 rings (SSSR count). The molecule has 0 spiro atoms. The Balaban J connectivity index is 1.55. The molecule has 32 heavy (non-hydrogen) atoms. The maximum atomic E-state index is 2.41. The number of para-hydroxylation sites is 1. The van der Waals surface area contributed by atoms with Gasteiger partial charge in [-0.25, -0.2) is 0 Å². The monoisotopic (exact) mass is 425 g/mol. The van der Waals surface area contributed by atoms with Gasteiger partial charge < -0.3 is 4.57 Å². The lowest BCUT2D eigenvalue weighted by Gasteiger charge is -2.09. The zero-order chi connectivity index (χ0) is 21.1. The Morgan fingerprint density at radius 3 is 1.97 bits per heavy atom. The van der Waals surface area contributed by atoms with Crippen molar-refractivity contribution in [1.82, 2.24) is 4.57 Å². The molecular weight excluding hydrogens is 406 g/mol. The van der Waals surface area contributed by atoms with E-state index in [-0.39, 0.29) is 0 Å². The van der Waals surface area contributed by atoms with Crippen LogP contribution in [0.2, 0.25) is 0 Å². The predicted octanol–water partition coefficient (Wildman–Crippen LogP) is 8.82. The first kappa shape index (κ1) is 17.8. The highest BCUT2D eigenvalue weighted by atomic mass is 32.1. The van der Waals surface area contributed by atoms with Crippen molar-refractivity contribution in [2.45, 2.75) is 0 Å². The van der Waals surface area contributed by atoms with E-state index >= 15 is 0 Å². The van der Waals surface area contributed by atoms with E-state index in [1.807, 2.05) is 11.3 Å². The maximum Gasteiger partial charge on any atom is 0.0548 e. The van der Waals surface area contributed by atoms with E-state index in [4.69, 9.17) is 0 Å². The molecular formula is C30H19NS. The summed E-state index contributed by atoms with van der Waals surface area (Å²) < 4.78 is 5.10. The molecule has 0 aliphatic carbocycles. The van der Waals surface area contributed by atoms with Gasteiger partial charge in [-0.3, -0.25) is 0 Å². The highest BCUT2D eigenvalue weighted by Gasteiger charge is 2.17. The summed E-state index contributed by atoms with van der Waals surface area (Å²) in [4.78, 5) is 0. The average Bonchev–Trinajstić information content (AvgIpc) is 3.40. The molecule has 0 bridgehead atoms. The number of thiophene rings is 1. The first-order valence-corrected chi connectivity index (χ1v) is 11.7. The van der Waals surface area contributed by atoms with Crippen molar-refractivity contribution in [3.63, 3.8) is 0 Å². The number of nitrogens with zero attached hydrogens (tertiary/aromatic N) is 1.